The van der Waals surface area contributed by atoms with Gasteiger partial charge in [0.15, 0.2) is 5.82 Å². The summed E-state index contributed by atoms with van der Waals surface area (Å²) in [5.41, 5.74) is 2.79. The molecule has 0 saturated heterocycles. The number of anilines is 1. The number of nitrogens with one attached hydrogen (secondary N) is 1. The summed E-state index contributed by atoms with van der Waals surface area (Å²) in [5.74, 6) is 0.246. The fraction of sp³-hybridized carbons (Fsp3) is 0.500. The van der Waals surface area contributed by atoms with Gasteiger partial charge < -0.3 is 4.74 Å². The van der Waals surface area contributed by atoms with E-state index in [4.69, 9.17) is 11.3 Å². The van der Waals surface area contributed by atoms with E-state index in [0.717, 1.165) is 18.5 Å². The van der Waals surface area contributed by atoms with Crippen LogP contribution in [0.2, 0.25) is 0 Å². The van der Waals surface area contributed by atoms with E-state index < -0.39 is 11.7 Å². The quantitative estimate of drug-likeness (QED) is 0.787. The highest BCUT2D eigenvalue weighted by Gasteiger charge is 2.34. The minimum absolute atomic E-state index is 0.0106. The van der Waals surface area contributed by atoms with Crippen molar-refractivity contribution in [2.24, 2.45) is 0 Å². The zero-order valence-electron chi connectivity index (χ0n) is 14.7. The SMILES string of the molecule is [C-]#[N+]c1c(NC(=O)OC(C)(C)C)nn2c3c(ccc12)CCC3(C)C. The van der Waals surface area contributed by atoms with Gasteiger partial charge in [0.25, 0.3) is 5.69 Å². The first-order valence-electron chi connectivity index (χ1n) is 8.05. The predicted octanol–water partition coefficient (Wildman–Crippen LogP) is 4.46. The molecule has 2 aromatic heterocycles. The summed E-state index contributed by atoms with van der Waals surface area (Å²) in [6, 6.07) is 3.97. The third-order valence-corrected chi connectivity index (χ3v) is 4.25. The number of rotatable bonds is 1. The molecular formula is C18H22N4O2. The second kappa shape index (κ2) is 5.23. The first kappa shape index (κ1) is 16.3. The monoisotopic (exact) mass is 326 g/mol. The minimum Gasteiger partial charge on any atom is -0.444 e. The van der Waals surface area contributed by atoms with Gasteiger partial charge in [-0.05, 0) is 45.2 Å². The number of hydrogen-bond acceptors (Lipinski definition) is 3. The Labute approximate surface area is 141 Å². The minimum atomic E-state index is -0.606. The lowest BCUT2D eigenvalue weighted by Crippen LogP contribution is -2.27. The number of aryl methyl sites for hydroxylation is 1. The van der Waals surface area contributed by atoms with Gasteiger partial charge in [-0.2, -0.15) is 5.10 Å². The molecule has 1 aliphatic carbocycles. The van der Waals surface area contributed by atoms with Crippen molar-refractivity contribution in [2.45, 2.75) is 58.5 Å². The van der Waals surface area contributed by atoms with Gasteiger partial charge in [-0.25, -0.2) is 14.2 Å². The summed E-state index contributed by atoms with van der Waals surface area (Å²) < 4.78 is 7.08. The van der Waals surface area contributed by atoms with E-state index in [-0.39, 0.29) is 11.2 Å². The molecule has 0 bridgehead atoms. The molecule has 0 spiro atoms. The molecule has 0 aliphatic heterocycles. The Balaban J connectivity index is 2.08. The van der Waals surface area contributed by atoms with Crippen molar-refractivity contribution in [1.82, 2.24) is 9.61 Å². The van der Waals surface area contributed by atoms with Crippen molar-refractivity contribution in [1.29, 1.82) is 0 Å². The summed E-state index contributed by atoms with van der Waals surface area (Å²) in [6.45, 7) is 17.2. The molecule has 1 amide bonds. The van der Waals surface area contributed by atoms with Crippen LogP contribution < -0.4 is 5.32 Å². The molecule has 2 aromatic rings. The van der Waals surface area contributed by atoms with E-state index in [0.29, 0.717) is 11.2 Å². The maximum Gasteiger partial charge on any atom is 0.412 e. The van der Waals surface area contributed by atoms with Crippen LogP contribution in [0.5, 0.6) is 0 Å². The third kappa shape index (κ3) is 2.71. The number of aromatic nitrogens is 2. The molecule has 2 heterocycles. The first-order valence-corrected chi connectivity index (χ1v) is 8.05. The Morgan fingerprint density at radius 3 is 2.75 bits per heavy atom. The molecule has 0 radical (unpaired) electrons. The molecule has 0 saturated carbocycles. The van der Waals surface area contributed by atoms with Gasteiger partial charge in [-0.3, -0.25) is 5.32 Å². The van der Waals surface area contributed by atoms with E-state index in [1.807, 2.05) is 10.6 Å². The number of nitrogens with zero attached hydrogens (tertiary/aromatic N) is 3. The number of fused-ring (bicyclic) bond motifs is 3. The van der Waals surface area contributed by atoms with Crippen molar-refractivity contribution in [3.05, 3.63) is 34.8 Å². The average Bonchev–Trinajstić information content (AvgIpc) is 2.93. The lowest BCUT2D eigenvalue weighted by atomic mass is 9.90. The van der Waals surface area contributed by atoms with Crippen LogP contribution in [0.4, 0.5) is 16.3 Å². The molecule has 3 rings (SSSR count). The third-order valence-electron chi connectivity index (χ3n) is 4.25. The second-order valence-corrected chi connectivity index (χ2v) is 7.82. The second-order valence-electron chi connectivity index (χ2n) is 7.82. The molecule has 126 valence electrons. The van der Waals surface area contributed by atoms with Gasteiger partial charge in [-0.15, -0.1) is 0 Å². The van der Waals surface area contributed by atoms with Crippen LogP contribution in [0, 0.1) is 6.57 Å². The largest absolute Gasteiger partial charge is 0.444 e. The van der Waals surface area contributed by atoms with Crippen LogP contribution in [-0.4, -0.2) is 21.3 Å². The van der Waals surface area contributed by atoms with E-state index in [2.05, 4.69) is 35.2 Å². The highest BCUT2D eigenvalue weighted by Crippen LogP contribution is 2.41. The summed E-state index contributed by atoms with van der Waals surface area (Å²) in [7, 11) is 0. The molecule has 6 nitrogen and oxygen atoms in total. The van der Waals surface area contributed by atoms with Gasteiger partial charge in [0.1, 0.15) is 5.60 Å². The maximum atomic E-state index is 12.0. The zero-order chi connectivity index (χ0) is 17.7. The van der Waals surface area contributed by atoms with E-state index in [1.165, 1.54) is 5.56 Å². The molecule has 0 fully saturated rings. The predicted molar refractivity (Wildman–Crippen MR) is 92.7 cm³/mol. The Kier molecular flexibility index (Phi) is 3.56. The summed E-state index contributed by atoms with van der Waals surface area (Å²) in [4.78, 5) is 15.6. The molecule has 0 unspecified atom stereocenters. The van der Waals surface area contributed by atoms with E-state index in [9.17, 15) is 4.79 Å². The van der Waals surface area contributed by atoms with E-state index >= 15 is 0 Å². The highest BCUT2D eigenvalue weighted by atomic mass is 16.6. The van der Waals surface area contributed by atoms with Gasteiger partial charge >= 0.3 is 6.09 Å². The van der Waals surface area contributed by atoms with Crippen molar-refractivity contribution < 1.29 is 9.53 Å². The van der Waals surface area contributed by atoms with Crippen LogP contribution in [0.25, 0.3) is 10.4 Å². The summed E-state index contributed by atoms with van der Waals surface area (Å²) >= 11 is 0. The van der Waals surface area contributed by atoms with Crippen LogP contribution in [0.15, 0.2) is 12.1 Å². The molecule has 0 aromatic carbocycles. The molecule has 0 atom stereocenters. The maximum absolute atomic E-state index is 12.0. The standard InChI is InChI=1S/C18H22N4O2/c1-17(2,3)24-16(23)20-15-13(19-6)12-8-7-11-9-10-18(4,5)14(11)22(12)21-15/h7-8H,9-10H2,1-5H3,(H,20,21,23). The topological polar surface area (TPSA) is 60.0 Å². The van der Waals surface area contributed by atoms with Gasteiger partial charge in [0, 0.05) is 11.1 Å². The van der Waals surface area contributed by atoms with Crippen LogP contribution in [0.3, 0.4) is 0 Å². The number of amides is 1. The molecule has 24 heavy (non-hydrogen) atoms. The number of pyridine rings is 1. The van der Waals surface area contributed by atoms with Crippen LogP contribution >= 0.6 is 0 Å². The average molecular weight is 326 g/mol. The summed E-state index contributed by atoms with van der Waals surface area (Å²) in [5, 5.41) is 7.13. The Bertz CT molecular complexity index is 866. The van der Waals surface area contributed by atoms with Crippen LogP contribution in [-0.2, 0) is 16.6 Å². The van der Waals surface area contributed by atoms with Gasteiger partial charge in [-0.1, -0.05) is 19.9 Å². The Morgan fingerprint density at radius 2 is 2.12 bits per heavy atom. The highest BCUT2D eigenvalue weighted by molar-refractivity contribution is 5.93. The molecule has 6 heteroatoms. The van der Waals surface area contributed by atoms with Crippen molar-refractivity contribution >= 4 is 23.1 Å². The fourth-order valence-electron chi connectivity index (χ4n) is 3.22. The Hall–Kier alpha value is -2.55. The van der Waals surface area contributed by atoms with Crippen molar-refractivity contribution in [2.75, 3.05) is 5.32 Å². The smallest absolute Gasteiger partial charge is 0.412 e. The number of carbonyl (C=O) groups excluding carboxylic acids is 1. The normalized spacial score (nSPS) is 15.8. The lowest BCUT2D eigenvalue weighted by molar-refractivity contribution is 0.0635. The number of carbonyl (C=O) groups is 1. The summed E-state index contributed by atoms with van der Waals surface area (Å²) in [6.07, 6.45) is 1.44. The van der Waals surface area contributed by atoms with Crippen LogP contribution in [0.1, 0.15) is 52.3 Å². The molecular weight excluding hydrogens is 304 g/mol. The van der Waals surface area contributed by atoms with Gasteiger partial charge in [0.2, 0.25) is 0 Å². The van der Waals surface area contributed by atoms with E-state index in [1.54, 1.807) is 20.8 Å². The molecule has 1 aliphatic rings. The fourth-order valence-corrected chi connectivity index (χ4v) is 3.22. The number of ether oxygens (including phenoxy) is 1. The van der Waals surface area contributed by atoms with Gasteiger partial charge in [0.05, 0.1) is 12.1 Å². The van der Waals surface area contributed by atoms with Crippen molar-refractivity contribution in [3.63, 3.8) is 0 Å². The van der Waals surface area contributed by atoms with Crippen molar-refractivity contribution in [3.8, 4) is 0 Å². The lowest BCUT2D eigenvalue weighted by Gasteiger charge is -2.20. The number of hydrogen-bond donors (Lipinski definition) is 1. The first-order chi connectivity index (χ1) is 11.1. The Morgan fingerprint density at radius 1 is 1.42 bits per heavy atom. The zero-order valence-corrected chi connectivity index (χ0v) is 14.7. The molecule has 1 N–H and O–H groups in total.